The Morgan fingerprint density at radius 3 is 3.17 bits per heavy atom. The number of aromatic nitrogens is 1. The lowest BCUT2D eigenvalue weighted by Gasteiger charge is -2.23. The van der Waals surface area contributed by atoms with Crippen LogP contribution in [0, 0.1) is 0 Å². The van der Waals surface area contributed by atoms with Gasteiger partial charge < -0.3 is 13.9 Å². The van der Waals surface area contributed by atoms with Crippen molar-refractivity contribution >= 4 is 0 Å². The van der Waals surface area contributed by atoms with E-state index >= 15 is 0 Å². The molecule has 2 atom stereocenters. The van der Waals surface area contributed by atoms with Crippen molar-refractivity contribution < 1.29 is 13.9 Å². The average Bonchev–Trinajstić information content (AvgIpc) is 3.31. The fourth-order valence-corrected chi connectivity index (χ4v) is 3.58. The summed E-state index contributed by atoms with van der Waals surface area (Å²) in [7, 11) is 0. The minimum absolute atomic E-state index is 0.0292. The second kappa shape index (κ2) is 6.43. The van der Waals surface area contributed by atoms with Gasteiger partial charge in [-0.3, -0.25) is 9.88 Å². The van der Waals surface area contributed by atoms with Crippen molar-refractivity contribution in [1.29, 1.82) is 0 Å². The van der Waals surface area contributed by atoms with Gasteiger partial charge in [0.2, 0.25) is 0 Å². The SMILES string of the molecule is c1ccc(CO[C@@H]2CO[C@@]3(CCN(Cc4ccoc4)C3)C2)nc1. The van der Waals surface area contributed by atoms with Crippen LogP contribution in [0.5, 0.6) is 0 Å². The Hall–Kier alpha value is -1.69. The molecule has 0 radical (unpaired) electrons. The molecule has 0 unspecified atom stereocenters. The zero-order chi connectivity index (χ0) is 15.5. The normalized spacial score (nSPS) is 27.9. The summed E-state index contributed by atoms with van der Waals surface area (Å²) in [5.41, 5.74) is 2.17. The van der Waals surface area contributed by atoms with Crippen molar-refractivity contribution in [2.75, 3.05) is 19.7 Å². The molecule has 0 N–H and O–H groups in total. The van der Waals surface area contributed by atoms with Gasteiger partial charge in [0.25, 0.3) is 0 Å². The standard InChI is InChI=1S/C18H22N2O3/c1-2-6-19-16(3-1)12-22-17-9-18(23-13-17)5-7-20(14-18)10-15-4-8-21-11-15/h1-4,6,8,11,17H,5,7,9-10,12-14H2/t17-,18-/m0/s1. The minimum Gasteiger partial charge on any atom is -0.472 e. The molecule has 0 saturated carbocycles. The van der Waals surface area contributed by atoms with Crippen LogP contribution in [0.2, 0.25) is 0 Å². The summed E-state index contributed by atoms with van der Waals surface area (Å²) in [6.45, 7) is 4.22. The summed E-state index contributed by atoms with van der Waals surface area (Å²) in [5, 5.41) is 0. The van der Waals surface area contributed by atoms with Gasteiger partial charge in [-0.1, -0.05) is 6.07 Å². The quantitative estimate of drug-likeness (QED) is 0.849. The Balaban J connectivity index is 1.28. The van der Waals surface area contributed by atoms with E-state index in [0.29, 0.717) is 13.2 Å². The first-order valence-corrected chi connectivity index (χ1v) is 8.20. The molecule has 122 valence electrons. The molecule has 1 spiro atoms. The molecular formula is C18H22N2O3. The van der Waals surface area contributed by atoms with Gasteiger partial charge in [0.05, 0.1) is 43.1 Å². The van der Waals surface area contributed by atoms with E-state index in [0.717, 1.165) is 38.2 Å². The lowest BCUT2D eigenvalue weighted by Crippen LogP contribution is -2.32. The van der Waals surface area contributed by atoms with E-state index in [1.165, 1.54) is 5.56 Å². The molecule has 2 fully saturated rings. The Bertz CT molecular complexity index is 616. The third kappa shape index (κ3) is 3.47. The lowest BCUT2D eigenvalue weighted by atomic mass is 9.98. The lowest BCUT2D eigenvalue weighted by molar-refractivity contribution is -0.000802. The highest BCUT2D eigenvalue weighted by molar-refractivity contribution is 5.07. The van der Waals surface area contributed by atoms with Gasteiger partial charge >= 0.3 is 0 Å². The van der Waals surface area contributed by atoms with Gasteiger partial charge in [0, 0.05) is 37.8 Å². The highest BCUT2D eigenvalue weighted by Crippen LogP contribution is 2.36. The van der Waals surface area contributed by atoms with E-state index in [1.807, 2.05) is 30.5 Å². The molecule has 5 heteroatoms. The topological polar surface area (TPSA) is 47.7 Å². The molecule has 4 heterocycles. The highest BCUT2D eigenvalue weighted by atomic mass is 16.6. The van der Waals surface area contributed by atoms with Gasteiger partial charge in [-0.15, -0.1) is 0 Å². The van der Waals surface area contributed by atoms with Gasteiger partial charge in [-0.05, 0) is 24.6 Å². The number of pyridine rings is 1. The maximum absolute atomic E-state index is 6.14. The zero-order valence-corrected chi connectivity index (χ0v) is 13.2. The Morgan fingerprint density at radius 1 is 1.35 bits per heavy atom. The molecule has 0 aliphatic carbocycles. The van der Waals surface area contributed by atoms with Crippen molar-refractivity contribution in [2.24, 2.45) is 0 Å². The Morgan fingerprint density at radius 2 is 2.35 bits per heavy atom. The van der Waals surface area contributed by atoms with Crippen molar-refractivity contribution in [3.8, 4) is 0 Å². The largest absolute Gasteiger partial charge is 0.472 e. The second-order valence-corrected chi connectivity index (χ2v) is 6.54. The molecule has 2 aromatic heterocycles. The van der Waals surface area contributed by atoms with Crippen LogP contribution in [-0.2, 0) is 22.6 Å². The number of furan rings is 1. The molecule has 0 bridgehead atoms. The summed E-state index contributed by atoms with van der Waals surface area (Å²) >= 11 is 0. The molecule has 2 aromatic rings. The van der Waals surface area contributed by atoms with Crippen LogP contribution < -0.4 is 0 Å². The predicted octanol–water partition coefficient (Wildman–Crippen LogP) is 2.62. The van der Waals surface area contributed by atoms with E-state index in [1.54, 1.807) is 12.5 Å². The number of hydrogen-bond donors (Lipinski definition) is 0. The van der Waals surface area contributed by atoms with E-state index in [-0.39, 0.29) is 11.7 Å². The number of hydrogen-bond acceptors (Lipinski definition) is 5. The number of likely N-dealkylation sites (tertiary alicyclic amines) is 1. The van der Waals surface area contributed by atoms with Crippen molar-refractivity contribution in [3.05, 3.63) is 54.2 Å². The molecule has 5 nitrogen and oxygen atoms in total. The predicted molar refractivity (Wildman–Crippen MR) is 84.7 cm³/mol. The summed E-state index contributed by atoms with van der Waals surface area (Å²) in [5.74, 6) is 0. The third-order valence-electron chi connectivity index (χ3n) is 4.75. The smallest absolute Gasteiger partial charge is 0.0947 e. The van der Waals surface area contributed by atoms with Crippen LogP contribution in [0.1, 0.15) is 24.1 Å². The molecule has 0 aromatic carbocycles. The Labute approximate surface area is 136 Å². The summed E-state index contributed by atoms with van der Waals surface area (Å²) in [4.78, 5) is 6.74. The fourth-order valence-electron chi connectivity index (χ4n) is 3.58. The van der Waals surface area contributed by atoms with Crippen molar-refractivity contribution in [3.63, 3.8) is 0 Å². The van der Waals surface area contributed by atoms with Gasteiger partial charge in [0.15, 0.2) is 0 Å². The summed E-state index contributed by atoms with van der Waals surface area (Å²) < 4.78 is 17.3. The first-order chi connectivity index (χ1) is 11.3. The van der Waals surface area contributed by atoms with Crippen LogP contribution in [0.4, 0.5) is 0 Å². The minimum atomic E-state index is -0.0292. The molecule has 2 aliphatic heterocycles. The number of rotatable bonds is 5. The summed E-state index contributed by atoms with van der Waals surface area (Å²) in [6, 6.07) is 7.93. The molecule has 2 aliphatic rings. The zero-order valence-electron chi connectivity index (χ0n) is 13.2. The molecule has 4 rings (SSSR count). The molecule has 23 heavy (non-hydrogen) atoms. The highest BCUT2D eigenvalue weighted by Gasteiger charge is 2.45. The van der Waals surface area contributed by atoms with Crippen LogP contribution in [-0.4, -0.2) is 41.3 Å². The van der Waals surface area contributed by atoms with Gasteiger partial charge in [0.1, 0.15) is 0 Å². The first kappa shape index (κ1) is 14.9. The molecule has 0 amide bonds. The fraction of sp³-hybridized carbons (Fsp3) is 0.500. The molecule has 2 saturated heterocycles. The molecular weight excluding hydrogens is 292 g/mol. The van der Waals surface area contributed by atoms with Crippen LogP contribution in [0.15, 0.2) is 47.4 Å². The maximum atomic E-state index is 6.14. The van der Waals surface area contributed by atoms with Crippen LogP contribution in [0.3, 0.4) is 0 Å². The first-order valence-electron chi connectivity index (χ1n) is 8.20. The monoisotopic (exact) mass is 314 g/mol. The van der Waals surface area contributed by atoms with Gasteiger partial charge in [-0.25, -0.2) is 0 Å². The maximum Gasteiger partial charge on any atom is 0.0947 e. The van der Waals surface area contributed by atoms with E-state index in [9.17, 15) is 0 Å². The second-order valence-electron chi connectivity index (χ2n) is 6.54. The average molecular weight is 314 g/mol. The Kier molecular flexibility index (Phi) is 4.16. The van der Waals surface area contributed by atoms with E-state index < -0.39 is 0 Å². The number of nitrogens with zero attached hydrogens (tertiary/aromatic N) is 2. The van der Waals surface area contributed by atoms with Crippen molar-refractivity contribution in [1.82, 2.24) is 9.88 Å². The van der Waals surface area contributed by atoms with Crippen LogP contribution in [0.25, 0.3) is 0 Å². The van der Waals surface area contributed by atoms with Gasteiger partial charge in [-0.2, -0.15) is 0 Å². The van der Waals surface area contributed by atoms with Crippen LogP contribution >= 0.6 is 0 Å². The summed E-state index contributed by atoms with van der Waals surface area (Å²) in [6.07, 6.45) is 7.57. The van der Waals surface area contributed by atoms with Crippen molar-refractivity contribution in [2.45, 2.75) is 37.7 Å². The number of ether oxygens (including phenoxy) is 2. The third-order valence-corrected chi connectivity index (χ3v) is 4.75. The van der Waals surface area contributed by atoms with E-state index in [4.69, 9.17) is 13.9 Å². The van der Waals surface area contributed by atoms with E-state index in [2.05, 4.69) is 9.88 Å².